The Labute approximate surface area is 191 Å². The van der Waals surface area contributed by atoms with Gasteiger partial charge in [-0.15, -0.1) is 0 Å². The van der Waals surface area contributed by atoms with Crippen molar-refractivity contribution in [1.82, 2.24) is 19.9 Å². The molecular weight excluding hydrogens is 436 g/mol. The van der Waals surface area contributed by atoms with Crippen molar-refractivity contribution in [2.75, 3.05) is 0 Å². The normalized spacial score (nSPS) is 11.8. The lowest BCUT2D eigenvalue weighted by molar-refractivity contribution is 0.668. The molecule has 0 amide bonds. The molecule has 4 heterocycles. The van der Waals surface area contributed by atoms with Crippen LogP contribution in [0.15, 0.2) is 87.8 Å². The Morgan fingerprint density at radius 2 is 1.30 bits per heavy atom. The summed E-state index contributed by atoms with van der Waals surface area (Å²) >= 11 is 6.34. The molecule has 0 bridgehead atoms. The first-order chi connectivity index (χ1) is 16.2. The molecule has 0 saturated heterocycles. The molecule has 0 aliphatic heterocycles. The third-order valence-electron chi connectivity index (χ3n) is 5.74. The van der Waals surface area contributed by atoms with Gasteiger partial charge in [0, 0.05) is 39.4 Å². The molecule has 0 spiro atoms. The van der Waals surface area contributed by atoms with Gasteiger partial charge < -0.3 is 8.83 Å². The second kappa shape index (κ2) is 6.85. The number of halogens is 1. The third-order valence-corrected chi connectivity index (χ3v) is 5.91. The number of benzene rings is 3. The van der Waals surface area contributed by atoms with Crippen molar-refractivity contribution in [2.45, 2.75) is 0 Å². The molecule has 0 atom stereocenters. The average molecular weight is 449 g/mol. The lowest BCUT2D eigenvalue weighted by atomic mass is 10.1. The van der Waals surface area contributed by atoms with Gasteiger partial charge in [-0.05, 0) is 29.8 Å². The fourth-order valence-electron chi connectivity index (χ4n) is 4.29. The van der Waals surface area contributed by atoms with E-state index in [2.05, 4.69) is 15.0 Å². The van der Waals surface area contributed by atoms with E-state index in [0.717, 1.165) is 43.9 Å². The first-order valence-corrected chi connectivity index (χ1v) is 10.7. The van der Waals surface area contributed by atoms with Gasteiger partial charge in [0.1, 0.15) is 28.0 Å². The van der Waals surface area contributed by atoms with Gasteiger partial charge in [-0.25, -0.2) is 4.98 Å². The van der Waals surface area contributed by atoms with Gasteiger partial charge in [-0.3, -0.25) is 4.98 Å². The number of rotatable bonds is 2. The van der Waals surface area contributed by atoms with Crippen molar-refractivity contribution in [3.63, 3.8) is 0 Å². The highest BCUT2D eigenvalue weighted by molar-refractivity contribution is 6.28. The molecule has 0 aliphatic rings. The van der Waals surface area contributed by atoms with E-state index in [1.807, 2.05) is 72.8 Å². The first-order valence-electron chi connectivity index (χ1n) is 10.3. The fraction of sp³-hybridized carbons (Fsp3) is 0. The zero-order valence-corrected chi connectivity index (χ0v) is 17.7. The second-order valence-electron chi connectivity index (χ2n) is 7.69. The van der Waals surface area contributed by atoms with Gasteiger partial charge in [-0.1, -0.05) is 48.5 Å². The second-order valence-corrected chi connectivity index (χ2v) is 8.03. The highest BCUT2D eigenvalue weighted by atomic mass is 35.5. The summed E-state index contributed by atoms with van der Waals surface area (Å²) in [5.74, 6) is 0.825. The van der Waals surface area contributed by atoms with Crippen LogP contribution in [0.5, 0.6) is 0 Å². The van der Waals surface area contributed by atoms with E-state index in [1.54, 1.807) is 6.20 Å². The molecule has 33 heavy (non-hydrogen) atoms. The Morgan fingerprint density at radius 1 is 0.606 bits per heavy atom. The van der Waals surface area contributed by atoms with E-state index in [4.69, 9.17) is 25.4 Å². The van der Waals surface area contributed by atoms with Crippen LogP contribution in [0.1, 0.15) is 0 Å². The first kappa shape index (κ1) is 18.3. The van der Waals surface area contributed by atoms with E-state index in [9.17, 15) is 0 Å². The summed E-state index contributed by atoms with van der Waals surface area (Å²) < 4.78 is 12.0. The van der Waals surface area contributed by atoms with Crippen LogP contribution in [-0.2, 0) is 0 Å². The Kier molecular flexibility index (Phi) is 3.80. The smallest absolute Gasteiger partial charge is 0.226 e. The Morgan fingerprint density at radius 3 is 2.18 bits per heavy atom. The predicted octanol–water partition coefficient (Wildman–Crippen LogP) is 7.05. The van der Waals surface area contributed by atoms with Gasteiger partial charge in [0.15, 0.2) is 11.6 Å². The summed E-state index contributed by atoms with van der Waals surface area (Å²) in [5.41, 5.74) is 4.44. The Bertz CT molecular complexity index is 1850. The van der Waals surface area contributed by atoms with Crippen molar-refractivity contribution in [2.24, 2.45) is 0 Å². The molecular formula is C26H13ClN4O2. The average Bonchev–Trinajstić information content (AvgIpc) is 3.41. The quantitative estimate of drug-likeness (QED) is 0.282. The highest BCUT2D eigenvalue weighted by Crippen LogP contribution is 2.36. The summed E-state index contributed by atoms with van der Waals surface area (Å²) in [7, 11) is 0. The van der Waals surface area contributed by atoms with Crippen LogP contribution in [-0.4, -0.2) is 19.9 Å². The monoisotopic (exact) mass is 448 g/mol. The maximum Gasteiger partial charge on any atom is 0.226 e. The molecule has 0 aliphatic carbocycles. The number of pyridine rings is 1. The topological polar surface area (TPSA) is 77.8 Å². The lowest BCUT2D eigenvalue weighted by Crippen LogP contribution is -1.98. The van der Waals surface area contributed by atoms with Crippen molar-refractivity contribution in [3.8, 4) is 22.9 Å². The van der Waals surface area contributed by atoms with Gasteiger partial charge in [0.2, 0.25) is 5.28 Å². The molecule has 4 aromatic heterocycles. The van der Waals surface area contributed by atoms with Crippen LogP contribution in [0, 0.1) is 0 Å². The maximum absolute atomic E-state index is 6.34. The minimum atomic E-state index is 0.0892. The van der Waals surface area contributed by atoms with Crippen LogP contribution in [0.25, 0.3) is 66.8 Å². The standard InChI is InChI=1S/C26H13ClN4O2/c27-26-30-24(16-8-5-11-21-23(16)15-7-2-4-10-20(15)32-21)29-25(31-26)18-12-22-17(13-28-18)14-6-1-3-9-19(14)33-22/h1-13H. The van der Waals surface area contributed by atoms with Crippen LogP contribution in [0.4, 0.5) is 0 Å². The van der Waals surface area contributed by atoms with Gasteiger partial charge in [0.05, 0.1) is 0 Å². The third kappa shape index (κ3) is 2.81. The minimum absolute atomic E-state index is 0.0892. The highest BCUT2D eigenvalue weighted by Gasteiger charge is 2.17. The molecule has 156 valence electrons. The van der Waals surface area contributed by atoms with Crippen LogP contribution in [0.3, 0.4) is 0 Å². The van der Waals surface area contributed by atoms with Crippen LogP contribution >= 0.6 is 11.6 Å². The summed E-state index contributed by atoms with van der Waals surface area (Å²) in [5, 5.41) is 3.96. The number of nitrogens with zero attached hydrogens (tertiary/aromatic N) is 4. The van der Waals surface area contributed by atoms with Crippen molar-refractivity contribution in [1.29, 1.82) is 0 Å². The number of hydrogen-bond acceptors (Lipinski definition) is 6. The number of furan rings is 2. The fourth-order valence-corrected chi connectivity index (χ4v) is 4.45. The zero-order chi connectivity index (χ0) is 21.9. The van der Waals surface area contributed by atoms with Crippen molar-refractivity contribution in [3.05, 3.63) is 84.3 Å². The number of hydrogen-bond donors (Lipinski definition) is 0. The van der Waals surface area contributed by atoms with Crippen LogP contribution < -0.4 is 0 Å². The van der Waals surface area contributed by atoms with E-state index >= 15 is 0 Å². The maximum atomic E-state index is 6.34. The predicted molar refractivity (Wildman–Crippen MR) is 128 cm³/mol. The van der Waals surface area contributed by atoms with E-state index in [-0.39, 0.29) is 5.28 Å². The molecule has 3 aromatic carbocycles. The Balaban J connectivity index is 1.44. The lowest BCUT2D eigenvalue weighted by Gasteiger charge is -2.06. The van der Waals surface area contributed by atoms with Crippen molar-refractivity contribution < 1.29 is 8.83 Å². The summed E-state index contributed by atoms with van der Waals surface area (Å²) in [6.07, 6.45) is 1.78. The summed E-state index contributed by atoms with van der Waals surface area (Å²) in [6, 6.07) is 23.4. The minimum Gasteiger partial charge on any atom is -0.456 e. The molecule has 6 nitrogen and oxygen atoms in total. The summed E-state index contributed by atoms with van der Waals surface area (Å²) in [6.45, 7) is 0. The molecule has 0 unspecified atom stereocenters. The van der Waals surface area contributed by atoms with E-state index in [0.29, 0.717) is 22.9 Å². The van der Waals surface area contributed by atoms with Gasteiger partial charge in [0.25, 0.3) is 0 Å². The molecule has 7 heteroatoms. The number of para-hydroxylation sites is 2. The van der Waals surface area contributed by atoms with Crippen LogP contribution in [0.2, 0.25) is 5.28 Å². The molecule has 0 N–H and O–H groups in total. The largest absolute Gasteiger partial charge is 0.456 e. The van der Waals surface area contributed by atoms with Gasteiger partial charge in [-0.2, -0.15) is 9.97 Å². The Hall–Kier alpha value is -4.29. The summed E-state index contributed by atoms with van der Waals surface area (Å²) in [4.78, 5) is 18.1. The molecule has 0 radical (unpaired) electrons. The zero-order valence-electron chi connectivity index (χ0n) is 17.0. The molecule has 0 fully saturated rings. The van der Waals surface area contributed by atoms with E-state index < -0.39 is 0 Å². The molecule has 7 aromatic rings. The number of fused-ring (bicyclic) bond motifs is 6. The molecule has 0 saturated carbocycles. The van der Waals surface area contributed by atoms with Gasteiger partial charge >= 0.3 is 0 Å². The number of aromatic nitrogens is 4. The van der Waals surface area contributed by atoms with E-state index in [1.165, 1.54) is 0 Å². The molecule has 7 rings (SSSR count). The SMILES string of the molecule is Clc1nc(-c2cc3oc4ccccc4c3cn2)nc(-c2cccc3oc4ccccc4c23)n1. The van der Waals surface area contributed by atoms with Crippen molar-refractivity contribution >= 4 is 55.5 Å².